The summed E-state index contributed by atoms with van der Waals surface area (Å²) in [7, 11) is 4.26. The molecule has 0 aromatic heterocycles. The van der Waals surface area contributed by atoms with Gasteiger partial charge in [-0.05, 0) is 101 Å². The van der Waals surface area contributed by atoms with Gasteiger partial charge < -0.3 is 9.80 Å². The first-order chi connectivity index (χ1) is 15.8. The van der Waals surface area contributed by atoms with Crippen molar-refractivity contribution in [3.05, 3.63) is 64.5 Å². The maximum atomic E-state index is 14.2. The molecule has 0 N–H and O–H groups in total. The highest BCUT2D eigenvalue weighted by Crippen LogP contribution is 2.34. The molecule has 0 bridgehead atoms. The van der Waals surface area contributed by atoms with E-state index >= 15 is 0 Å². The Bertz CT molecular complexity index is 916. The number of carbonyl (C=O) groups is 1. The molecule has 0 unspecified atom stereocenters. The zero-order valence-electron chi connectivity index (χ0n) is 21.2. The summed E-state index contributed by atoms with van der Waals surface area (Å²) in [5, 5.41) is 0. The summed E-state index contributed by atoms with van der Waals surface area (Å²) in [5.74, 6) is 0.262. The molecule has 1 amide bonds. The third kappa shape index (κ3) is 6.89. The highest BCUT2D eigenvalue weighted by atomic mass is 19.1. The molecule has 2 atom stereocenters. The molecule has 1 aliphatic heterocycles. The van der Waals surface area contributed by atoms with Gasteiger partial charge in [0, 0.05) is 18.2 Å². The summed E-state index contributed by atoms with van der Waals surface area (Å²) in [5.41, 5.74) is 5.51. The van der Waals surface area contributed by atoms with Gasteiger partial charge in [0.2, 0.25) is 5.91 Å². The Morgan fingerprint density at radius 3 is 2.36 bits per heavy atom. The van der Waals surface area contributed by atoms with Crippen LogP contribution in [0, 0.1) is 31.5 Å². The van der Waals surface area contributed by atoms with Gasteiger partial charge in [0.1, 0.15) is 5.82 Å². The number of hydrogen-bond donors (Lipinski definition) is 0. The minimum absolute atomic E-state index is 0.0452. The summed E-state index contributed by atoms with van der Waals surface area (Å²) in [6.07, 6.45) is 7.57. The van der Waals surface area contributed by atoms with Crippen molar-refractivity contribution in [1.82, 2.24) is 4.90 Å². The second kappa shape index (κ2) is 11.8. The molecule has 0 saturated carbocycles. The van der Waals surface area contributed by atoms with Crippen LogP contribution in [0.5, 0.6) is 0 Å². The number of unbranched alkanes of at least 4 members (excludes halogenated alkanes) is 3. The number of anilines is 1. The Hall–Kier alpha value is -2.20. The van der Waals surface area contributed by atoms with Crippen molar-refractivity contribution < 1.29 is 9.18 Å². The molecule has 1 saturated heterocycles. The number of rotatable bonds is 10. The molecule has 0 spiro atoms. The molecular weight excluding hydrogens is 411 g/mol. The van der Waals surface area contributed by atoms with Gasteiger partial charge in [0.25, 0.3) is 0 Å². The lowest BCUT2D eigenvalue weighted by Crippen LogP contribution is -2.46. The van der Waals surface area contributed by atoms with Crippen LogP contribution in [-0.4, -0.2) is 38.0 Å². The Balaban J connectivity index is 1.67. The fourth-order valence-electron chi connectivity index (χ4n) is 5.34. The average Bonchev–Trinajstić information content (AvgIpc) is 2.75. The second-order valence-corrected chi connectivity index (χ2v) is 10.3. The van der Waals surface area contributed by atoms with E-state index in [1.165, 1.54) is 48.4 Å². The summed E-state index contributed by atoms with van der Waals surface area (Å²) in [6, 6.07) is 11.5. The normalized spacial score (nSPS) is 18.9. The Morgan fingerprint density at radius 2 is 1.70 bits per heavy atom. The summed E-state index contributed by atoms with van der Waals surface area (Å²) in [4.78, 5) is 17.4. The van der Waals surface area contributed by atoms with Crippen LogP contribution < -0.4 is 4.90 Å². The van der Waals surface area contributed by atoms with E-state index in [0.717, 1.165) is 30.6 Å². The van der Waals surface area contributed by atoms with Gasteiger partial charge >= 0.3 is 0 Å². The molecule has 1 heterocycles. The number of halogens is 1. The van der Waals surface area contributed by atoms with E-state index in [4.69, 9.17) is 0 Å². The van der Waals surface area contributed by atoms with Gasteiger partial charge in [0.15, 0.2) is 0 Å². The van der Waals surface area contributed by atoms with Crippen LogP contribution in [-0.2, 0) is 17.6 Å². The maximum absolute atomic E-state index is 14.2. The predicted molar refractivity (Wildman–Crippen MR) is 136 cm³/mol. The van der Waals surface area contributed by atoms with Crippen LogP contribution in [0.1, 0.15) is 61.3 Å². The van der Waals surface area contributed by atoms with Crippen LogP contribution in [0.3, 0.4) is 0 Å². The van der Waals surface area contributed by atoms with Crippen molar-refractivity contribution in [2.75, 3.05) is 32.1 Å². The first kappa shape index (κ1) is 25.4. The SMILES string of the molecule is Cc1cc(CCCCCCN(C)C)cc(C)c1N1C[C@@H](Cc2ccccc2F)C[C@@H](C)C1=O. The molecule has 3 nitrogen and oxygen atoms in total. The van der Waals surface area contributed by atoms with Crippen molar-refractivity contribution in [3.8, 4) is 0 Å². The van der Waals surface area contributed by atoms with Crippen LogP contribution >= 0.6 is 0 Å². The third-order valence-corrected chi connectivity index (χ3v) is 6.92. The summed E-state index contributed by atoms with van der Waals surface area (Å²) < 4.78 is 14.2. The first-order valence-corrected chi connectivity index (χ1v) is 12.6. The molecule has 1 aliphatic rings. The molecule has 180 valence electrons. The number of aryl methyl sites for hydroxylation is 3. The molecule has 0 radical (unpaired) electrons. The number of piperidine rings is 1. The summed E-state index contributed by atoms with van der Waals surface area (Å²) in [6.45, 7) is 8.08. The fourth-order valence-corrected chi connectivity index (χ4v) is 5.34. The quantitative estimate of drug-likeness (QED) is 0.393. The molecule has 2 aromatic rings. The summed E-state index contributed by atoms with van der Waals surface area (Å²) >= 11 is 0. The smallest absolute Gasteiger partial charge is 0.229 e. The van der Waals surface area contributed by atoms with E-state index < -0.39 is 0 Å². The van der Waals surface area contributed by atoms with Crippen molar-refractivity contribution >= 4 is 11.6 Å². The minimum Gasteiger partial charge on any atom is -0.311 e. The van der Waals surface area contributed by atoms with Gasteiger partial charge in [-0.2, -0.15) is 0 Å². The van der Waals surface area contributed by atoms with E-state index in [9.17, 15) is 9.18 Å². The van der Waals surface area contributed by atoms with Gasteiger partial charge in [-0.3, -0.25) is 4.79 Å². The van der Waals surface area contributed by atoms with Crippen LogP contribution in [0.4, 0.5) is 10.1 Å². The maximum Gasteiger partial charge on any atom is 0.229 e. The first-order valence-electron chi connectivity index (χ1n) is 12.6. The van der Waals surface area contributed by atoms with E-state index in [1.54, 1.807) is 6.07 Å². The van der Waals surface area contributed by atoms with E-state index in [1.807, 2.05) is 24.0 Å². The highest BCUT2D eigenvalue weighted by molar-refractivity contribution is 5.97. The zero-order chi connectivity index (χ0) is 24.0. The standard InChI is InChI=1S/C29H41FN2O/c1-21-16-24(12-8-6-7-11-15-31(4)5)17-22(2)28(21)32-20-25(18-23(3)29(32)33)19-26-13-9-10-14-27(26)30/h9-10,13-14,16-17,23,25H,6-8,11-12,15,18-20H2,1-5H3/t23-,25-/m1/s1. The Kier molecular flexibility index (Phi) is 9.08. The number of hydrogen-bond acceptors (Lipinski definition) is 2. The Labute approximate surface area is 200 Å². The average molecular weight is 453 g/mol. The monoisotopic (exact) mass is 452 g/mol. The van der Waals surface area contributed by atoms with E-state index in [2.05, 4.69) is 45.0 Å². The van der Waals surface area contributed by atoms with Crippen molar-refractivity contribution in [1.29, 1.82) is 0 Å². The fraction of sp³-hybridized carbons (Fsp3) is 0.552. The molecule has 4 heteroatoms. The third-order valence-electron chi connectivity index (χ3n) is 6.92. The predicted octanol–water partition coefficient (Wildman–Crippen LogP) is 6.34. The number of nitrogens with zero attached hydrogens (tertiary/aromatic N) is 2. The largest absolute Gasteiger partial charge is 0.311 e. The van der Waals surface area contributed by atoms with E-state index in [-0.39, 0.29) is 23.6 Å². The molecule has 0 aliphatic carbocycles. The molecule has 3 rings (SSSR count). The lowest BCUT2D eigenvalue weighted by Gasteiger charge is -2.38. The van der Waals surface area contributed by atoms with Crippen molar-refractivity contribution in [2.45, 2.75) is 65.7 Å². The van der Waals surface area contributed by atoms with Gasteiger partial charge in [0.05, 0.1) is 0 Å². The second-order valence-electron chi connectivity index (χ2n) is 10.3. The molecule has 33 heavy (non-hydrogen) atoms. The number of amides is 1. The van der Waals surface area contributed by atoms with Crippen LogP contribution in [0.2, 0.25) is 0 Å². The Morgan fingerprint density at radius 1 is 1.03 bits per heavy atom. The van der Waals surface area contributed by atoms with Gasteiger partial charge in [-0.1, -0.05) is 50.1 Å². The van der Waals surface area contributed by atoms with Crippen molar-refractivity contribution in [3.63, 3.8) is 0 Å². The minimum atomic E-state index is -0.146. The zero-order valence-corrected chi connectivity index (χ0v) is 21.2. The lowest BCUT2D eigenvalue weighted by molar-refractivity contribution is -0.124. The van der Waals surface area contributed by atoms with Crippen LogP contribution in [0.25, 0.3) is 0 Å². The molecular formula is C29H41FN2O. The highest BCUT2D eigenvalue weighted by Gasteiger charge is 2.34. The van der Waals surface area contributed by atoms with E-state index in [0.29, 0.717) is 13.0 Å². The molecule has 1 fully saturated rings. The molecule has 2 aromatic carbocycles. The van der Waals surface area contributed by atoms with Crippen LogP contribution in [0.15, 0.2) is 36.4 Å². The lowest BCUT2D eigenvalue weighted by atomic mass is 9.84. The number of benzene rings is 2. The van der Waals surface area contributed by atoms with Gasteiger partial charge in [-0.15, -0.1) is 0 Å². The topological polar surface area (TPSA) is 23.6 Å². The number of carbonyl (C=O) groups excluding carboxylic acids is 1. The van der Waals surface area contributed by atoms with Crippen molar-refractivity contribution in [2.24, 2.45) is 11.8 Å². The van der Waals surface area contributed by atoms with Gasteiger partial charge in [-0.25, -0.2) is 4.39 Å².